The van der Waals surface area contributed by atoms with Crippen LogP contribution in [0.3, 0.4) is 0 Å². The molecular formula is C14H12N2. The van der Waals surface area contributed by atoms with Crippen LogP contribution >= 0.6 is 0 Å². The third-order valence-corrected chi connectivity index (χ3v) is 2.44. The van der Waals surface area contributed by atoms with E-state index in [0.29, 0.717) is 0 Å². The highest BCUT2D eigenvalue weighted by Crippen LogP contribution is 2.19. The number of allylic oxidation sites excluding steroid dienone is 1. The van der Waals surface area contributed by atoms with E-state index in [-0.39, 0.29) is 0 Å². The molecule has 0 fully saturated rings. The van der Waals surface area contributed by atoms with E-state index >= 15 is 0 Å². The highest BCUT2D eigenvalue weighted by molar-refractivity contribution is 6.16. The van der Waals surface area contributed by atoms with E-state index in [2.05, 4.69) is 41.7 Å². The van der Waals surface area contributed by atoms with Crippen molar-refractivity contribution in [2.45, 2.75) is 0 Å². The lowest BCUT2D eigenvalue weighted by molar-refractivity contribution is 1.27. The normalized spacial score (nSPS) is 11.4. The van der Waals surface area contributed by atoms with E-state index < -0.39 is 0 Å². The summed E-state index contributed by atoms with van der Waals surface area (Å²) in [6.07, 6.45) is 1.69. The smallest absolute Gasteiger partial charge is 0.0929 e. The largest absolute Gasteiger partial charge is 0.166 e. The van der Waals surface area contributed by atoms with Crippen LogP contribution in [0.4, 0.5) is 0 Å². The summed E-state index contributed by atoms with van der Waals surface area (Å²) < 4.78 is 0. The fourth-order valence-corrected chi connectivity index (χ4v) is 1.73. The monoisotopic (exact) mass is 208 g/mol. The third kappa shape index (κ3) is 1.77. The van der Waals surface area contributed by atoms with Crippen molar-refractivity contribution >= 4 is 23.2 Å². The highest BCUT2D eigenvalue weighted by atomic mass is 15.2. The van der Waals surface area contributed by atoms with E-state index in [4.69, 9.17) is 0 Å². The molecule has 0 aliphatic carbocycles. The number of fused-ring (bicyclic) bond motifs is 1. The predicted octanol–water partition coefficient (Wildman–Crippen LogP) is 3.43. The summed E-state index contributed by atoms with van der Waals surface area (Å²) in [6.45, 7) is 7.11. The Labute approximate surface area is 94.6 Å². The third-order valence-electron chi connectivity index (χ3n) is 2.44. The summed E-state index contributed by atoms with van der Waals surface area (Å²) >= 11 is 0. The molecule has 0 aromatic heterocycles. The van der Waals surface area contributed by atoms with Crippen LogP contribution in [0.5, 0.6) is 0 Å². The van der Waals surface area contributed by atoms with Gasteiger partial charge in [0, 0.05) is 12.3 Å². The topological polar surface area (TPSA) is 24.7 Å². The zero-order valence-corrected chi connectivity index (χ0v) is 8.93. The molecule has 0 atom stereocenters. The Morgan fingerprint density at radius 1 is 1.06 bits per heavy atom. The van der Waals surface area contributed by atoms with Crippen LogP contribution in [0.1, 0.15) is 5.56 Å². The first kappa shape index (κ1) is 10.3. The van der Waals surface area contributed by atoms with Crippen molar-refractivity contribution in [2.75, 3.05) is 0 Å². The van der Waals surface area contributed by atoms with Crippen molar-refractivity contribution in [1.82, 2.24) is 0 Å². The van der Waals surface area contributed by atoms with Gasteiger partial charge in [0.25, 0.3) is 0 Å². The standard InChI is InChI=1S/C14H12N2/c1-3-14(16-15-2)13-10-6-8-11-7-4-5-9-12(11)13/h3-10H,1-2H2/b16-14+. The minimum Gasteiger partial charge on any atom is -0.166 e. The first-order valence-electron chi connectivity index (χ1n) is 5.01. The molecule has 0 N–H and O–H groups in total. The molecule has 16 heavy (non-hydrogen) atoms. The molecule has 0 saturated heterocycles. The number of benzene rings is 2. The van der Waals surface area contributed by atoms with Gasteiger partial charge in [-0.2, -0.15) is 10.2 Å². The van der Waals surface area contributed by atoms with Crippen LogP contribution in [-0.2, 0) is 0 Å². The Bertz CT molecular complexity index is 562. The van der Waals surface area contributed by atoms with Gasteiger partial charge < -0.3 is 0 Å². The van der Waals surface area contributed by atoms with E-state index in [1.807, 2.05) is 24.3 Å². The fraction of sp³-hybridized carbons (Fsp3) is 0. The molecule has 2 aromatic carbocycles. The van der Waals surface area contributed by atoms with Gasteiger partial charge in [0.05, 0.1) is 5.71 Å². The van der Waals surface area contributed by atoms with Crippen molar-refractivity contribution < 1.29 is 0 Å². The van der Waals surface area contributed by atoms with Crippen molar-refractivity contribution in [3.8, 4) is 0 Å². The molecule has 2 nitrogen and oxygen atoms in total. The lowest BCUT2D eigenvalue weighted by atomic mass is 10.0. The molecule has 0 aliphatic rings. The van der Waals surface area contributed by atoms with Crippen molar-refractivity contribution in [2.24, 2.45) is 10.2 Å². The molecule has 2 heteroatoms. The predicted molar refractivity (Wildman–Crippen MR) is 70.2 cm³/mol. The molecule has 0 bridgehead atoms. The Morgan fingerprint density at radius 3 is 2.56 bits per heavy atom. The maximum atomic E-state index is 3.98. The van der Waals surface area contributed by atoms with E-state index in [1.54, 1.807) is 6.08 Å². The fourth-order valence-electron chi connectivity index (χ4n) is 1.73. The van der Waals surface area contributed by atoms with Crippen LogP contribution in [0.25, 0.3) is 10.8 Å². The summed E-state index contributed by atoms with van der Waals surface area (Å²) in [7, 11) is 0. The van der Waals surface area contributed by atoms with Crippen molar-refractivity contribution in [3.63, 3.8) is 0 Å². The van der Waals surface area contributed by atoms with Crippen LogP contribution < -0.4 is 0 Å². The molecule has 0 unspecified atom stereocenters. The number of rotatable bonds is 3. The lowest BCUT2D eigenvalue weighted by Crippen LogP contribution is -1.96. The number of hydrogen-bond donors (Lipinski definition) is 0. The van der Waals surface area contributed by atoms with Gasteiger partial charge >= 0.3 is 0 Å². The van der Waals surface area contributed by atoms with Crippen molar-refractivity contribution in [3.05, 3.63) is 60.7 Å². The van der Waals surface area contributed by atoms with Gasteiger partial charge in [0.15, 0.2) is 0 Å². The molecule has 0 radical (unpaired) electrons. The summed E-state index contributed by atoms with van der Waals surface area (Å²) in [4.78, 5) is 0. The maximum absolute atomic E-state index is 3.98. The lowest BCUT2D eigenvalue weighted by Gasteiger charge is -2.04. The summed E-state index contributed by atoms with van der Waals surface area (Å²) in [5.74, 6) is 0. The van der Waals surface area contributed by atoms with Crippen LogP contribution in [0, 0.1) is 0 Å². The van der Waals surface area contributed by atoms with Crippen LogP contribution in [0.15, 0.2) is 65.3 Å². The average molecular weight is 208 g/mol. The van der Waals surface area contributed by atoms with Gasteiger partial charge in [0.1, 0.15) is 0 Å². The Hall–Kier alpha value is -2.22. The molecule has 0 amide bonds. The molecule has 78 valence electrons. The first-order valence-corrected chi connectivity index (χ1v) is 5.01. The SMILES string of the molecule is C=C/C(=N\N=C)c1cccc2ccccc12. The Balaban J connectivity index is 2.73. The zero-order valence-electron chi connectivity index (χ0n) is 8.93. The Kier molecular flexibility index (Phi) is 2.92. The molecule has 0 aliphatic heterocycles. The highest BCUT2D eigenvalue weighted by Gasteiger charge is 2.04. The summed E-state index contributed by atoms with van der Waals surface area (Å²) in [5, 5.41) is 9.86. The second-order valence-corrected chi connectivity index (χ2v) is 3.36. The first-order chi connectivity index (χ1) is 7.86. The molecule has 0 heterocycles. The molecular weight excluding hydrogens is 196 g/mol. The van der Waals surface area contributed by atoms with Gasteiger partial charge in [-0.05, 0) is 16.8 Å². The molecule has 2 aromatic rings. The maximum Gasteiger partial charge on any atom is 0.0929 e. The van der Waals surface area contributed by atoms with Gasteiger partial charge in [-0.15, -0.1) is 0 Å². The quantitative estimate of drug-likeness (QED) is 0.545. The zero-order chi connectivity index (χ0) is 11.4. The second kappa shape index (κ2) is 4.53. The summed E-state index contributed by atoms with van der Waals surface area (Å²) in [6, 6.07) is 14.2. The second-order valence-electron chi connectivity index (χ2n) is 3.36. The number of nitrogens with zero attached hydrogens (tertiary/aromatic N) is 2. The van der Waals surface area contributed by atoms with Crippen LogP contribution in [0.2, 0.25) is 0 Å². The minimum absolute atomic E-state index is 0.742. The minimum atomic E-state index is 0.742. The van der Waals surface area contributed by atoms with Gasteiger partial charge in [-0.25, -0.2) is 0 Å². The summed E-state index contributed by atoms with van der Waals surface area (Å²) in [5.41, 5.74) is 1.77. The molecule has 0 saturated carbocycles. The van der Waals surface area contributed by atoms with Gasteiger partial charge in [-0.3, -0.25) is 0 Å². The Morgan fingerprint density at radius 2 is 1.81 bits per heavy atom. The van der Waals surface area contributed by atoms with Gasteiger partial charge in [0.2, 0.25) is 0 Å². The van der Waals surface area contributed by atoms with Crippen molar-refractivity contribution in [1.29, 1.82) is 0 Å². The average Bonchev–Trinajstić information content (AvgIpc) is 2.35. The molecule has 0 spiro atoms. The van der Waals surface area contributed by atoms with E-state index in [1.165, 1.54) is 5.39 Å². The molecule has 2 rings (SSSR count). The van der Waals surface area contributed by atoms with Gasteiger partial charge in [-0.1, -0.05) is 49.0 Å². The van der Waals surface area contributed by atoms with Crippen LogP contribution in [-0.4, -0.2) is 12.4 Å². The van der Waals surface area contributed by atoms with E-state index in [0.717, 1.165) is 16.7 Å². The number of hydrogen-bond acceptors (Lipinski definition) is 2. The van der Waals surface area contributed by atoms with E-state index in [9.17, 15) is 0 Å².